The summed E-state index contributed by atoms with van der Waals surface area (Å²) in [6, 6.07) is 20.6. The number of nitrogens with zero attached hydrogens (tertiary/aromatic N) is 1. The number of carbonyl (C=O) groups excluding carboxylic acids is 1. The van der Waals surface area contributed by atoms with Crippen LogP contribution in [0.5, 0.6) is 0 Å². The van der Waals surface area contributed by atoms with Crippen LogP contribution in [0.25, 0.3) is 0 Å². The molecule has 1 aliphatic rings. The fraction of sp³-hybridized carbons (Fsp3) is 0.458. The molecule has 1 aliphatic carbocycles. The fourth-order valence-electron chi connectivity index (χ4n) is 4.17. The second-order valence-corrected chi connectivity index (χ2v) is 7.91. The van der Waals surface area contributed by atoms with E-state index in [1.807, 2.05) is 36.4 Å². The van der Waals surface area contributed by atoms with Gasteiger partial charge in [-0.15, -0.1) is 0 Å². The van der Waals surface area contributed by atoms with Crippen LogP contribution in [0.4, 0.5) is 0 Å². The van der Waals surface area contributed by atoms with Crippen molar-refractivity contribution in [1.82, 2.24) is 4.90 Å². The van der Waals surface area contributed by atoms with Crippen molar-refractivity contribution in [3.05, 3.63) is 71.8 Å². The number of hydrogen-bond donors (Lipinski definition) is 0. The summed E-state index contributed by atoms with van der Waals surface area (Å²) in [7, 11) is 0. The Morgan fingerprint density at radius 3 is 2.08 bits per heavy atom. The van der Waals surface area contributed by atoms with Crippen molar-refractivity contribution in [1.29, 1.82) is 0 Å². The Hall–Kier alpha value is -2.09. The van der Waals surface area contributed by atoms with E-state index in [4.69, 9.17) is 0 Å². The van der Waals surface area contributed by atoms with Crippen LogP contribution in [0.15, 0.2) is 60.7 Å². The molecule has 0 aliphatic heterocycles. The third-order valence-corrected chi connectivity index (χ3v) is 5.89. The van der Waals surface area contributed by atoms with Gasteiger partial charge in [0.2, 0.25) is 0 Å². The van der Waals surface area contributed by atoms with Crippen molar-refractivity contribution in [2.24, 2.45) is 11.8 Å². The first-order valence-electron chi connectivity index (χ1n) is 10.0. The van der Waals surface area contributed by atoms with Crippen LogP contribution in [0.1, 0.15) is 55.5 Å². The van der Waals surface area contributed by atoms with Crippen molar-refractivity contribution in [2.45, 2.75) is 52.0 Å². The van der Waals surface area contributed by atoms with Crippen molar-refractivity contribution in [3.63, 3.8) is 0 Å². The first kappa shape index (κ1) is 18.7. The largest absolute Gasteiger partial charge is 0.335 e. The molecule has 0 aromatic heterocycles. The SMILES string of the molecule is CC(C)C1CCC(N(CCc2ccccc2)C(=O)c2ccccc2)CC1. The van der Waals surface area contributed by atoms with E-state index in [9.17, 15) is 4.79 Å². The molecule has 2 aromatic rings. The minimum Gasteiger partial charge on any atom is -0.335 e. The summed E-state index contributed by atoms with van der Waals surface area (Å²) in [5.74, 6) is 1.75. The summed E-state index contributed by atoms with van der Waals surface area (Å²) in [6.07, 6.45) is 5.68. The Bertz CT molecular complexity index is 672. The number of amides is 1. The number of carbonyl (C=O) groups is 1. The van der Waals surface area contributed by atoms with Crippen LogP contribution in [-0.4, -0.2) is 23.4 Å². The van der Waals surface area contributed by atoms with Gasteiger partial charge in [-0.25, -0.2) is 0 Å². The minimum atomic E-state index is 0.189. The van der Waals surface area contributed by atoms with E-state index in [1.54, 1.807) is 0 Å². The van der Waals surface area contributed by atoms with Gasteiger partial charge in [0.15, 0.2) is 0 Å². The molecule has 0 radical (unpaired) electrons. The molecule has 2 heteroatoms. The molecule has 0 heterocycles. The van der Waals surface area contributed by atoms with Gasteiger partial charge in [0.1, 0.15) is 0 Å². The van der Waals surface area contributed by atoms with Crippen LogP contribution in [0.2, 0.25) is 0 Å². The molecule has 138 valence electrons. The topological polar surface area (TPSA) is 20.3 Å². The zero-order valence-corrected chi connectivity index (χ0v) is 16.1. The zero-order chi connectivity index (χ0) is 18.4. The van der Waals surface area contributed by atoms with E-state index in [-0.39, 0.29) is 5.91 Å². The lowest BCUT2D eigenvalue weighted by molar-refractivity contribution is 0.0597. The molecule has 26 heavy (non-hydrogen) atoms. The Morgan fingerprint density at radius 1 is 0.923 bits per heavy atom. The average Bonchev–Trinajstić information content (AvgIpc) is 2.70. The summed E-state index contributed by atoms with van der Waals surface area (Å²) in [6.45, 7) is 5.45. The van der Waals surface area contributed by atoms with E-state index in [0.29, 0.717) is 6.04 Å². The Kier molecular flexibility index (Phi) is 6.49. The maximum atomic E-state index is 13.2. The molecule has 0 saturated heterocycles. The molecule has 3 rings (SSSR count). The number of hydrogen-bond acceptors (Lipinski definition) is 1. The van der Waals surface area contributed by atoms with Gasteiger partial charge < -0.3 is 4.90 Å². The normalized spacial score (nSPS) is 20.1. The highest BCUT2D eigenvalue weighted by Crippen LogP contribution is 2.32. The molecule has 0 N–H and O–H groups in total. The number of benzene rings is 2. The summed E-state index contributed by atoms with van der Waals surface area (Å²) in [5, 5.41) is 0. The summed E-state index contributed by atoms with van der Waals surface area (Å²) in [5.41, 5.74) is 2.11. The highest BCUT2D eigenvalue weighted by molar-refractivity contribution is 5.94. The van der Waals surface area contributed by atoms with Crippen LogP contribution < -0.4 is 0 Å². The lowest BCUT2D eigenvalue weighted by Crippen LogP contribution is -2.44. The summed E-state index contributed by atoms with van der Waals surface area (Å²) in [4.78, 5) is 15.4. The third kappa shape index (κ3) is 4.75. The summed E-state index contributed by atoms with van der Waals surface area (Å²) < 4.78 is 0. The highest BCUT2D eigenvalue weighted by Gasteiger charge is 2.30. The van der Waals surface area contributed by atoms with Gasteiger partial charge in [-0.1, -0.05) is 62.4 Å². The Balaban J connectivity index is 1.72. The molecule has 0 unspecified atom stereocenters. The zero-order valence-electron chi connectivity index (χ0n) is 16.1. The molecule has 1 fully saturated rings. The van der Waals surface area contributed by atoms with E-state index in [0.717, 1.165) is 43.2 Å². The molecule has 0 atom stereocenters. The lowest BCUT2D eigenvalue weighted by atomic mass is 9.79. The maximum Gasteiger partial charge on any atom is 0.254 e. The first-order valence-corrected chi connectivity index (χ1v) is 10.0. The lowest BCUT2D eigenvalue weighted by Gasteiger charge is -2.38. The van der Waals surface area contributed by atoms with Gasteiger partial charge in [-0.05, 0) is 61.6 Å². The van der Waals surface area contributed by atoms with Crippen LogP contribution in [0, 0.1) is 11.8 Å². The van der Waals surface area contributed by atoms with Crippen molar-refractivity contribution in [2.75, 3.05) is 6.54 Å². The molecule has 2 nitrogen and oxygen atoms in total. The third-order valence-electron chi connectivity index (χ3n) is 5.89. The predicted octanol–water partition coefficient (Wildman–Crippen LogP) is 5.59. The highest BCUT2D eigenvalue weighted by atomic mass is 16.2. The molecular weight excluding hydrogens is 318 g/mol. The van der Waals surface area contributed by atoms with Gasteiger partial charge in [0.05, 0.1) is 0 Å². The maximum absolute atomic E-state index is 13.2. The smallest absolute Gasteiger partial charge is 0.254 e. The van der Waals surface area contributed by atoms with E-state index >= 15 is 0 Å². The van der Waals surface area contributed by atoms with Crippen molar-refractivity contribution in [3.8, 4) is 0 Å². The van der Waals surface area contributed by atoms with Gasteiger partial charge in [0, 0.05) is 18.2 Å². The van der Waals surface area contributed by atoms with Crippen molar-refractivity contribution < 1.29 is 4.79 Å². The first-order chi connectivity index (χ1) is 12.6. The second-order valence-electron chi connectivity index (χ2n) is 7.91. The van der Waals surface area contributed by atoms with Crippen LogP contribution in [0.3, 0.4) is 0 Å². The van der Waals surface area contributed by atoms with Gasteiger partial charge in [0.25, 0.3) is 5.91 Å². The summed E-state index contributed by atoms with van der Waals surface area (Å²) >= 11 is 0. The van der Waals surface area contributed by atoms with Crippen LogP contribution >= 0.6 is 0 Å². The molecule has 1 saturated carbocycles. The second kappa shape index (κ2) is 9.02. The minimum absolute atomic E-state index is 0.189. The quantitative estimate of drug-likeness (QED) is 0.666. The molecule has 0 bridgehead atoms. The standard InChI is InChI=1S/C24H31NO/c1-19(2)21-13-15-23(16-14-21)25(18-17-20-9-5-3-6-10-20)24(26)22-11-7-4-8-12-22/h3-12,19,21,23H,13-18H2,1-2H3. The van der Waals surface area contributed by atoms with Gasteiger partial charge in [-0.2, -0.15) is 0 Å². The average molecular weight is 350 g/mol. The van der Waals surface area contributed by atoms with Crippen molar-refractivity contribution >= 4 is 5.91 Å². The van der Waals surface area contributed by atoms with Gasteiger partial charge >= 0.3 is 0 Å². The van der Waals surface area contributed by atoms with Crippen LogP contribution in [-0.2, 0) is 6.42 Å². The molecule has 2 aromatic carbocycles. The van der Waals surface area contributed by atoms with E-state index in [2.05, 4.69) is 43.0 Å². The van der Waals surface area contributed by atoms with E-state index in [1.165, 1.54) is 18.4 Å². The van der Waals surface area contributed by atoms with Gasteiger partial charge in [-0.3, -0.25) is 4.79 Å². The molecular formula is C24H31NO. The molecule has 1 amide bonds. The molecule has 0 spiro atoms. The monoisotopic (exact) mass is 349 g/mol. The van der Waals surface area contributed by atoms with E-state index < -0.39 is 0 Å². The predicted molar refractivity (Wildman–Crippen MR) is 108 cm³/mol. The fourth-order valence-corrected chi connectivity index (χ4v) is 4.17. The number of rotatable bonds is 6. The Labute approximate surface area is 158 Å². The Morgan fingerprint density at radius 2 is 1.50 bits per heavy atom.